The molecule has 2 atom stereocenters. The van der Waals surface area contributed by atoms with Crippen molar-refractivity contribution in [3.63, 3.8) is 0 Å². The van der Waals surface area contributed by atoms with Gasteiger partial charge in [-0.2, -0.15) is 0 Å². The van der Waals surface area contributed by atoms with Crippen molar-refractivity contribution in [3.05, 3.63) is 21.9 Å². The zero-order valence-corrected chi connectivity index (χ0v) is 7.48. The Labute approximate surface area is 78.7 Å². The molecule has 0 bridgehead atoms. The smallest absolute Gasteiger partial charge is 0.155 e. The molecule has 1 heterocycles. The van der Waals surface area contributed by atoms with Crippen LogP contribution in [0, 0.1) is 0 Å². The summed E-state index contributed by atoms with van der Waals surface area (Å²) in [5.41, 5.74) is 0.671. The van der Waals surface area contributed by atoms with Crippen LogP contribution < -0.4 is 0 Å². The second-order valence-electron chi connectivity index (χ2n) is 2.77. The van der Waals surface area contributed by atoms with Crippen molar-refractivity contribution in [2.24, 2.45) is 0 Å². The van der Waals surface area contributed by atoms with Crippen molar-refractivity contribution < 1.29 is 4.39 Å². The highest BCUT2D eigenvalue weighted by Gasteiger charge is 2.40. The molecule has 2 unspecified atom stereocenters. The average molecular weight is 207 g/mol. The zero-order chi connectivity index (χ0) is 8.72. The Morgan fingerprint density at radius 2 is 2.08 bits per heavy atom. The summed E-state index contributed by atoms with van der Waals surface area (Å²) in [5, 5.41) is 7.64. The molecular weight excluding hydrogens is 202 g/mol. The number of aromatic nitrogens is 2. The van der Waals surface area contributed by atoms with Crippen LogP contribution in [-0.4, -0.2) is 16.4 Å². The maximum atomic E-state index is 12.6. The Balaban J connectivity index is 2.36. The number of hydrogen-bond donors (Lipinski definition) is 0. The molecule has 1 aromatic heterocycles. The lowest BCUT2D eigenvalue weighted by atomic mass is 10.2. The van der Waals surface area contributed by atoms with Gasteiger partial charge < -0.3 is 0 Å². The number of nitrogens with zero attached hydrogens (tertiary/aromatic N) is 2. The molecule has 0 saturated heterocycles. The van der Waals surface area contributed by atoms with E-state index in [-0.39, 0.29) is 16.2 Å². The lowest BCUT2D eigenvalue weighted by Gasteiger charge is -1.98. The van der Waals surface area contributed by atoms with Crippen LogP contribution in [0.5, 0.6) is 0 Å². The standard InChI is InChI=1S/C7H5Cl2FN2/c8-6-2-4(3-1-5(3)10)7(9)12-11-6/h2-3,5H,1H2. The minimum absolute atomic E-state index is 0.120. The monoisotopic (exact) mass is 206 g/mol. The summed E-state index contributed by atoms with van der Waals surface area (Å²) in [7, 11) is 0. The van der Waals surface area contributed by atoms with Gasteiger partial charge in [0.2, 0.25) is 0 Å². The first kappa shape index (κ1) is 8.20. The molecule has 2 rings (SSSR count). The largest absolute Gasteiger partial charge is 0.247 e. The average Bonchev–Trinajstić information content (AvgIpc) is 2.73. The zero-order valence-electron chi connectivity index (χ0n) is 5.97. The third kappa shape index (κ3) is 1.39. The molecule has 12 heavy (non-hydrogen) atoms. The summed E-state index contributed by atoms with van der Waals surface area (Å²) in [5.74, 6) is -0.120. The second kappa shape index (κ2) is 2.82. The summed E-state index contributed by atoms with van der Waals surface area (Å²) in [6, 6.07) is 1.57. The lowest BCUT2D eigenvalue weighted by Crippen LogP contribution is -1.91. The van der Waals surface area contributed by atoms with E-state index in [4.69, 9.17) is 23.2 Å². The van der Waals surface area contributed by atoms with Gasteiger partial charge in [0.15, 0.2) is 10.3 Å². The van der Waals surface area contributed by atoms with Gasteiger partial charge in [-0.15, -0.1) is 10.2 Å². The molecule has 1 aliphatic rings. The van der Waals surface area contributed by atoms with Gasteiger partial charge in [0.05, 0.1) is 0 Å². The molecule has 1 saturated carbocycles. The van der Waals surface area contributed by atoms with Crippen LogP contribution in [0.4, 0.5) is 4.39 Å². The highest BCUT2D eigenvalue weighted by atomic mass is 35.5. The van der Waals surface area contributed by atoms with E-state index in [1.54, 1.807) is 6.07 Å². The van der Waals surface area contributed by atoms with Crippen LogP contribution in [0.15, 0.2) is 6.07 Å². The molecule has 2 nitrogen and oxygen atoms in total. The van der Waals surface area contributed by atoms with Crippen LogP contribution in [-0.2, 0) is 0 Å². The maximum Gasteiger partial charge on any atom is 0.155 e. The predicted molar refractivity (Wildman–Crippen MR) is 44.3 cm³/mol. The normalized spacial score (nSPS) is 27.2. The Kier molecular flexibility index (Phi) is 1.93. The van der Waals surface area contributed by atoms with Crippen molar-refractivity contribution in [1.82, 2.24) is 10.2 Å². The summed E-state index contributed by atoms with van der Waals surface area (Å²) < 4.78 is 12.6. The summed E-state index contributed by atoms with van der Waals surface area (Å²) in [6.45, 7) is 0. The molecule has 0 N–H and O–H groups in total. The molecular formula is C7H5Cl2FN2. The van der Waals surface area contributed by atoms with Crippen molar-refractivity contribution in [1.29, 1.82) is 0 Å². The van der Waals surface area contributed by atoms with Crippen LogP contribution in [0.1, 0.15) is 17.9 Å². The van der Waals surface area contributed by atoms with E-state index >= 15 is 0 Å². The first-order valence-electron chi connectivity index (χ1n) is 3.51. The molecule has 1 aromatic rings. The molecule has 0 aliphatic heterocycles. The molecule has 0 radical (unpaired) electrons. The molecule has 0 aromatic carbocycles. The number of rotatable bonds is 1. The first-order chi connectivity index (χ1) is 5.68. The van der Waals surface area contributed by atoms with E-state index in [1.807, 2.05) is 0 Å². The molecule has 64 valence electrons. The molecule has 0 spiro atoms. The number of hydrogen-bond acceptors (Lipinski definition) is 2. The fraction of sp³-hybridized carbons (Fsp3) is 0.429. The Bertz CT molecular complexity index is 318. The van der Waals surface area contributed by atoms with Gasteiger partial charge in [0, 0.05) is 11.5 Å². The van der Waals surface area contributed by atoms with E-state index in [0.29, 0.717) is 12.0 Å². The highest BCUT2D eigenvalue weighted by Crippen LogP contribution is 2.45. The molecule has 1 aliphatic carbocycles. The Morgan fingerprint density at radius 1 is 1.42 bits per heavy atom. The topological polar surface area (TPSA) is 25.8 Å². The van der Waals surface area contributed by atoms with Gasteiger partial charge in [-0.25, -0.2) is 4.39 Å². The highest BCUT2D eigenvalue weighted by molar-refractivity contribution is 6.31. The minimum Gasteiger partial charge on any atom is -0.247 e. The van der Waals surface area contributed by atoms with Gasteiger partial charge in [-0.1, -0.05) is 23.2 Å². The van der Waals surface area contributed by atoms with E-state index < -0.39 is 6.17 Å². The van der Waals surface area contributed by atoms with E-state index in [1.165, 1.54) is 0 Å². The van der Waals surface area contributed by atoms with Gasteiger partial charge >= 0.3 is 0 Å². The van der Waals surface area contributed by atoms with Crippen LogP contribution in [0.3, 0.4) is 0 Å². The van der Waals surface area contributed by atoms with Gasteiger partial charge in [-0.3, -0.25) is 0 Å². The quantitative estimate of drug-likeness (QED) is 0.707. The first-order valence-corrected chi connectivity index (χ1v) is 4.27. The maximum absolute atomic E-state index is 12.6. The summed E-state index contributed by atoms with van der Waals surface area (Å²) >= 11 is 11.3. The summed E-state index contributed by atoms with van der Waals surface area (Å²) in [4.78, 5) is 0. The third-order valence-corrected chi connectivity index (χ3v) is 2.34. The van der Waals surface area contributed by atoms with Gasteiger partial charge in [0.25, 0.3) is 0 Å². The minimum atomic E-state index is -0.789. The molecule has 5 heteroatoms. The van der Waals surface area contributed by atoms with E-state index in [0.717, 1.165) is 0 Å². The van der Waals surface area contributed by atoms with E-state index in [9.17, 15) is 4.39 Å². The number of halogens is 3. The predicted octanol–water partition coefficient (Wildman–Crippen LogP) is 2.61. The van der Waals surface area contributed by atoms with Gasteiger partial charge in [-0.05, 0) is 12.5 Å². The SMILES string of the molecule is FC1CC1c1cc(Cl)nnc1Cl. The summed E-state index contributed by atoms with van der Waals surface area (Å²) in [6.07, 6.45) is -0.273. The number of alkyl halides is 1. The second-order valence-corrected chi connectivity index (χ2v) is 3.52. The molecule has 1 fully saturated rings. The van der Waals surface area contributed by atoms with Crippen molar-refractivity contribution >= 4 is 23.2 Å². The Morgan fingerprint density at radius 3 is 2.67 bits per heavy atom. The molecule has 0 amide bonds. The van der Waals surface area contributed by atoms with Gasteiger partial charge in [0.1, 0.15) is 6.17 Å². The third-order valence-electron chi connectivity index (χ3n) is 1.86. The van der Waals surface area contributed by atoms with Crippen LogP contribution >= 0.6 is 23.2 Å². The fourth-order valence-corrected chi connectivity index (χ4v) is 1.50. The van der Waals surface area contributed by atoms with Crippen molar-refractivity contribution in [2.45, 2.75) is 18.5 Å². The fourth-order valence-electron chi connectivity index (χ4n) is 1.11. The van der Waals surface area contributed by atoms with Crippen LogP contribution in [0.25, 0.3) is 0 Å². The van der Waals surface area contributed by atoms with Crippen LogP contribution in [0.2, 0.25) is 10.3 Å². The van der Waals surface area contributed by atoms with Crippen molar-refractivity contribution in [3.8, 4) is 0 Å². The Hall–Kier alpha value is -0.410. The van der Waals surface area contributed by atoms with Crippen molar-refractivity contribution in [2.75, 3.05) is 0 Å². The van der Waals surface area contributed by atoms with E-state index in [2.05, 4.69) is 10.2 Å². The lowest BCUT2D eigenvalue weighted by molar-refractivity contribution is 0.468.